The summed E-state index contributed by atoms with van der Waals surface area (Å²) in [7, 11) is 0. The van der Waals surface area contributed by atoms with Gasteiger partial charge in [0.15, 0.2) is 0 Å². The number of hydrogen-bond donors (Lipinski definition) is 1. The molecule has 0 aromatic carbocycles. The summed E-state index contributed by atoms with van der Waals surface area (Å²) in [6.07, 6.45) is 8.08. The van der Waals surface area contributed by atoms with Crippen molar-refractivity contribution in [3.05, 3.63) is 29.6 Å². The van der Waals surface area contributed by atoms with E-state index in [-0.39, 0.29) is 0 Å². The van der Waals surface area contributed by atoms with E-state index in [1.807, 2.05) is 19.3 Å². The summed E-state index contributed by atoms with van der Waals surface area (Å²) in [6.45, 7) is 7.33. The number of hydrogen-bond acceptors (Lipinski definition) is 2. The third-order valence-electron chi connectivity index (χ3n) is 3.07. The van der Waals surface area contributed by atoms with E-state index in [2.05, 4.69) is 42.1 Å². The first-order chi connectivity index (χ1) is 8.83. The molecule has 0 saturated carbocycles. The average Bonchev–Trinajstić information content (AvgIpc) is 2.42. The van der Waals surface area contributed by atoms with Crippen LogP contribution in [-0.4, -0.2) is 11.5 Å². The summed E-state index contributed by atoms with van der Waals surface area (Å²) < 4.78 is 0. The zero-order valence-electron chi connectivity index (χ0n) is 11.8. The fourth-order valence-electron chi connectivity index (χ4n) is 2.10. The zero-order chi connectivity index (χ0) is 13.2. The van der Waals surface area contributed by atoms with E-state index in [4.69, 9.17) is 0 Å². The highest BCUT2D eigenvalue weighted by Gasteiger charge is 2.13. The van der Waals surface area contributed by atoms with Gasteiger partial charge in [0.1, 0.15) is 0 Å². The molecule has 2 heteroatoms. The summed E-state index contributed by atoms with van der Waals surface area (Å²) in [4.78, 5) is 4.22. The molecule has 0 spiro atoms. The van der Waals surface area contributed by atoms with Crippen molar-refractivity contribution in [1.29, 1.82) is 0 Å². The van der Waals surface area contributed by atoms with Crippen molar-refractivity contribution in [3.8, 4) is 11.8 Å². The fraction of sp³-hybridized carbons (Fsp3) is 0.562. The SMILES string of the molecule is CC#CCCC(NCCC)c1ccncc1CC. The second-order valence-corrected chi connectivity index (χ2v) is 4.40. The molecule has 1 rings (SSSR count). The van der Waals surface area contributed by atoms with E-state index < -0.39 is 0 Å². The highest BCUT2D eigenvalue weighted by molar-refractivity contribution is 5.27. The average molecular weight is 244 g/mol. The number of aromatic nitrogens is 1. The highest BCUT2D eigenvalue weighted by Crippen LogP contribution is 2.22. The monoisotopic (exact) mass is 244 g/mol. The summed E-state index contributed by atoms with van der Waals surface area (Å²) in [6, 6.07) is 2.55. The van der Waals surface area contributed by atoms with Crippen molar-refractivity contribution in [1.82, 2.24) is 10.3 Å². The lowest BCUT2D eigenvalue weighted by Crippen LogP contribution is -2.23. The number of nitrogens with one attached hydrogen (secondary N) is 1. The van der Waals surface area contributed by atoms with Gasteiger partial charge in [-0.15, -0.1) is 11.8 Å². The molecule has 1 N–H and O–H groups in total. The summed E-state index contributed by atoms with van der Waals surface area (Å²) in [5, 5.41) is 3.62. The van der Waals surface area contributed by atoms with E-state index in [0.29, 0.717) is 6.04 Å². The maximum atomic E-state index is 4.22. The summed E-state index contributed by atoms with van der Waals surface area (Å²) in [5.74, 6) is 6.13. The van der Waals surface area contributed by atoms with E-state index in [9.17, 15) is 0 Å². The molecule has 0 aliphatic heterocycles. The van der Waals surface area contributed by atoms with Crippen LogP contribution in [-0.2, 0) is 6.42 Å². The largest absolute Gasteiger partial charge is 0.310 e. The van der Waals surface area contributed by atoms with Crippen molar-refractivity contribution in [2.75, 3.05) is 6.54 Å². The maximum Gasteiger partial charge on any atom is 0.0333 e. The Labute approximate surface area is 111 Å². The first kappa shape index (κ1) is 14.7. The first-order valence-corrected chi connectivity index (χ1v) is 6.89. The number of rotatable bonds is 7. The van der Waals surface area contributed by atoms with Gasteiger partial charge in [-0.25, -0.2) is 0 Å². The molecular weight excluding hydrogens is 220 g/mol. The standard InChI is InChI=1S/C16H24N2/c1-4-7-8-9-16(18-11-5-2)15-10-12-17-13-14(15)6-3/h10,12-13,16,18H,5-6,8-9,11H2,1-3H3. The lowest BCUT2D eigenvalue weighted by molar-refractivity contribution is 0.502. The van der Waals surface area contributed by atoms with Crippen LogP contribution in [0.2, 0.25) is 0 Å². The molecule has 0 aliphatic carbocycles. The minimum atomic E-state index is 0.406. The molecule has 0 saturated heterocycles. The van der Waals surface area contributed by atoms with Crippen LogP contribution < -0.4 is 5.32 Å². The molecule has 0 fully saturated rings. The number of nitrogens with zero attached hydrogens (tertiary/aromatic N) is 1. The lowest BCUT2D eigenvalue weighted by atomic mass is 9.97. The molecular formula is C16H24N2. The van der Waals surface area contributed by atoms with Crippen molar-refractivity contribution >= 4 is 0 Å². The second-order valence-electron chi connectivity index (χ2n) is 4.40. The summed E-state index contributed by atoms with van der Waals surface area (Å²) in [5.41, 5.74) is 2.73. The van der Waals surface area contributed by atoms with Gasteiger partial charge in [0, 0.05) is 24.9 Å². The molecule has 0 amide bonds. The zero-order valence-corrected chi connectivity index (χ0v) is 11.8. The Balaban J connectivity index is 2.81. The van der Waals surface area contributed by atoms with Crippen LogP contribution in [0, 0.1) is 11.8 Å². The van der Waals surface area contributed by atoms with Crippen molar-refractivity contribution in [2.24, 2.45) is 0 Å². The van der Waals surface area contributed by atoms with Gasteiger partial charge < -0.3 is 5.32 Å². The molecule has 1 aromatic rings. The topological polar surface area (TPSA) is 24.9 Å². The van der Waals surface area contributed by atoms with Gasteiger partial charge in [-0.2, -0.15) is 0 Å². The predicted octanol–water partition coefficient (Wildman–Crippen LogP) is 3.49. The van der Waals surface area contributed by atoms with Gasteiger partial charge in [0.25, 0.3) is 0 Å². The Morgan fingerprint density at radius 3 is 2.89 bits per heavy atom. The first-order valence-electron chi connectivity index (χ1n) is 6.89. The van der Waals surface area contributed by atoms with Crippen LogP contribution in [0.1, 0.15) is 57.2 Å². The van der Waals surface area contributed by atoms with Gasteiger partial charge in [-0.1, -0.05) is 13.8 Å². The normalized spacial score (nSPS) is 11.7. The molecule has 0 bridgehead atoms. The van der Waals surface area contributed by atoms with Crippen LogP contribution in [0.5, 0.6) is 0 Å². The van der Waals surface area contributed by atoms with Crippen molar-refractivity contribution in [3.63, 3.8) is 0 Å². The molecule has 2 nitrogen and oxygen atoms in total. The minimum absolute atomic E-state index is 0.406. The van der Waals surface area contributed by atoms with E-state index in [1.165, 1.54) is 11.1 Å². The molecule has 1 unspecified atom stereocenters. The van der Waals surface area contributed by atoms with Gasteiger partial charge >= 0.3 is 0 Å². The third-order valence-corrected chi connectivity index (χ3v) is 3.07. The Kier molecular flexibility index (Phi) is 7.13. The second kappa shape index (κ2) is 8.72. The van der Waals surface area contributed by atoms with Crippen LogP contribution in [0.15, 0.2) is 18.5 Å². The Morgan fingerprint density at radius 2 is 2.22 bits per heavy atom. The van der Waals surface area contributed by atoms with Gasteiger partial charge in [-0.3, -0.25) is 4.98 Å². The molecule has 98 valence electrons. The third kappa shape index (κ3) is 4.50. The fourth-order valence-corrected chi connectivity index (χ4v) is 2.10. The van der Waals surface area contributed by atoms with Crippen LogP contribution in [0.3, 0.4) is 0 Å². The van der Waals surface area contributed by atoms with Crippen LogP contribution in [0.25, 0.3) is 0 Å². The van der Waals surface area contributed by atoms with Gasteiger partial charge in [0.2, 0.25) is 0 Å². The number of aryl methyl sites for hydroxylation is 1. The molecule has 1 atom stereocenters. The van der Waals surface area contributed by atoms with Crippen LogP contribution in [0.4, 0.5) is 0 Å². The van der Waals surface area contributed by atoms with E-state index in [1.54, 1.807) is 0 Å². The lowest BCUT2D eigenvalue weighted by Gasteiger charge is -2.20. The highest BCUT2D eigenvalue weighted by atomic mass is 14.9. The van der Waals surface area contributed by atoms with Gasteiger partial charge in [0.05, 0.1) is 0 Å². The van der Waals surface area contributed by atoms with Gasteiger partial charge in [-0.05, 0) is 49.9 Å². The van der Waals surface area contributed by atoms with Crippen molar-refractivity contribution in [2.45, 2.75) is 52.5 Å². The smallest absolute Gasteiger partial charge is 0.0333 e. The Morgan fingerprint density at radius 1 is 1.39 bits per heavy atom. The molecule has 1 heterocycles. The van der Waals surface area contributed by atoms with E-state index in [0.717, 1.165) is 32.2 Å². The van der Waals surface area contributed by atoms with Crippen LogP contribution >= 0.6 is 0 Å². The molecule has 18 heavy (non-hydrogen) atoms. The Hall–Kier alpha value is -1.33. The molecule has 0 aliphatic rings. The summed E-state index contributed by atoms with van der Waals surface area (Å²) >= 11 is 0. The molecule has 1 aromatic heterocycles. The quantitative estimate of drug-likeness (QED) is 0.743. The molecule has 0 radical (unpaired) electrons. The maximum absolute atomic E-state index is 4.22. The predicted molar refractivity (Wildman–Crippen MR) is 77.3 cm³/mol. The van der Waals surface area contributed by atoms with Crippen molar-refractivity contribution < 1.29 is 0 Å². The Bertz CT molecular complexity index is 401. The number of pyridine rings is 1. The van der Waals surface area contributed by atoms with E-state index >= 15 is 0 Å². The minimum Gasteiger partial charge on any atom is -0.310 e.